The van der Waals surface area contributed by atoms with Gasteiger partial charge in [-0.2, -0.15) is 0 Å². The molecule has 2 N–H and O–H groups in total. The number of hydrogen-bond acceptors (Lipinski definition) is 6. The van der Waals surface area contributed by atoms with E-state index in [1.165, 1.54) is 18.3 Å². The molecule has 0 saturated heterocycles. The molecule has 0 aliphatic rings. The van der Waals surface area contributed by atoms with Crippen LogP contribution in [0.15, 0.2) is 23.2 Å². The lowest BCUT2D eigenvalue weighted by atomic mass is 10.2. The molecule has 0 aliphatic heterocycles. The van der Waals surface area contributed by atoms with Crippen molar-refractivity contribution < 1.29 is 17.9 Å². The summed E-state index contributed by atoms with van der Waals surface area (Å²) in [6.07, 6.45) is 1.20. The monoisotopic (exact) mass is 272 g/mol. The van der Waals surface area contributed by atoms with E-state index in [-0.39, 0.29) is 22.9 Å². The lowest BCUT2D eigenvalue weighted by Crippen LogP contribution is -2.24. The first kappa shape index (κ1) is 14.6. The van der Waals surface area contributed by atoms with Gasteiger partial charge in [-0.15, -0.1) is 0 Å². The molecule has 0 fully saturated rings. The molecule has 0 spiro atoms. The van der Waals surface area contributed by atoms with E-state index in [0.717, 1.165) is 0 Å². The van der Waals surface area contributed by atoms with E-state index in [1.54, 1.807) is 13.8 Å². The van der Waals surface area contributed by atoms with E-state index in [9.17, 15) is 13.2 Å². The first-order chi connectivity index (χ1) is 8.42. The van der Waals surface area contributed by atoms with Gasteiger partial charge in [0.15, 0.2) is 9.84 Å². The minimum atomic E-state index is -3.29. The first-order valence-corrected chi connectivity index (χ1v) is 7.18. The highest BCUT2D eigenvalue weighted by Gasteiger charge is 2.19. The Hall–Kier alpha value is -1.47. The summed E-state index contributed by atoms with van der Waals surface area (Å²) in [7, 11) is -3.29. The van der Waals surface area contributed by atoms with Gasteiger partial charge in [0.2, 0.25) is 0 Å². The van der Waals surface area contributed by atoms with Gasteiger partial charge < -0.3 is 10.5 Å². The summed E-state index contributed by atoms with van der Waals surface area (Å²) in [5.41, 5.74) is 5.91. The van der Waals surface area contributed by atoms with E-state index >= 15 is 0 Å². The molecule has 6 nitrogen and oxygen atoms in total. The zero-order valence-electron chi connectivity index (χ0n) is 10.3. The van der Waals surface area contributed by atoms with Crippen LogP contribution in [-0.2, 0) is 19.4 Å². The topological polar surface area (TPSA) is 99.4 Å². The highest BCUT2D eigenvalue weighted by molar-refractivity contribution is 7.91. The molecule has 1 heterocycles. The number of esters is 1. The molecule has 0 amide bonds. The number of ether oxygens (including phenoxy) is 1. The van der Waals surface area contributed by atoms with E-state index in [1.807, 2.05) is 0 Å². The average molecular weight is 272 g/mol. The van der Waals surface area contributed by atoms with Crippen LogP contribution in [0.3, 0.4) is 0 Å². The molecule has 0 radical (unpaired) electrons. The Labute approximate surface area is 106 Å². The Balaban J connectivity index is 2.93. The third-order valence-electron chi connectivity index (χ3n) is 2.36. The van der Waals surface area contributed by atoms with Crippen molar-refractivity contribution in [3.8, 4) is 0 Å². The number of nitrogens with zero attached hydrogens (tertiary/aromatic N) is 1. The summed E-state index contributed by atoms with van der Waals surface area (Å²) in [5.74, 6) is -0.589. The minimum Gasteiger partial charge on any atom is -0.465 e. The van der Waals surface area contributed by atoms with Crippen molar-refractivity contribution in [1.29, 1.82) is 0 Å². The zero-order chi connectivity index (χ0) is 13.8. The second kappa shape index (κ2) is 5.92. The standard InChI is InChI=1S/C11H16N2O4S/c1-3-17-11(14)10(12)9-6-5-8(7-13-9)18(15,16)4-2/h5-7,10H,3-4,12H2,1-2H3. The van der Waals surface area contributed by atoms with Gasteiger partial charge in [-0.25, -0.2) is 13.2 Å². The molecule has 1 atom stereocenters. The summed E-state index contributed by atoms with van der Waals surface area (Å²) in [6, 6.07) is 1.81. The van der Waals surface area contributed by atoms with Crippen LogP contribution < -0.4 is 5.73 Å². The molecule has 7 heteroatoms. The molecule has 0 bridgehead atoms. The van der Waals surface area contributed by atoms with Gasteiger partial charge in [0.05, 0.1) is 22.9 Å². The number of rotatable bonds is 5. The maximum Gasteiger partial charge on any atom is 0.329 e. The Morgan fingerprint density at radius 2 is 2.11 bits per heavy atom. The molecule has 1 aromatic heterocycles. The first-order valence-electron chi connectivity index (χ1n) is 5.53. The highest BCUT2D eigenvalue weighted by atomic mass is 32.2. The number of pyridine rings is 1. The molecular formula is C11H16N2O4S. The van der Waals surface area contributed by atoms with Gasteiger partial charge >= 0.3 is 5.97 Å². The van der Waals surface area contributed by atoms with Crippen molar-refractivity contribution >= 4 is 15.8 Å². The van der Waals surface area contributed by atoms with E-state index < -0.39 is 21.8 Å². The predicted molar refractivity (Wildman–Crippen MR) is 65.5 cm³/mol. The summed E-state index contributed by atoms with van der Waals surface area (Å²) in [4.78, 5) is 15.4. The molecule has 0 saturated carbocycles. The van der Waals surface area contributed by atoms with Crippen molar-refractivity contribution in [2.45, 2.75) is 24.8 Å². The minimum absolute atomic E-state index is 0.00203. The lowest BCUT2D eigenvalue weighted by molar-refractivity contribution is -0.144. The van der Waals surface area contributed by atoms with Crippen molar-refractivity contribution in [3.05, 3.63) is 24.0 Å². The third kappa shape index (κ3) is 3.27. The van der Waals surface area contributed by atoms with Crippen LogP contribution in [0.5, 0.6) is 0 Å². The third-order valence-corrected chi connectivity index (χ3v) is 4.08. The Morgan fingerprint density at radius 3 is 2.56 bits per heavy atom. The summed E-state index contributed by atoms with van der Waals surface area (Å²) in [5, 5.41) is 0. The molecule has 0 aromatic carbocycles. The van der Waals surface area contributed by atoms with Crippen molar-refractivity contribution in [2.24, 2.45) is 5.73 Å². The largest absolute Gasteiger partial charge is 0.465 e. The molecule has 100 valence electrons. The van der Waals surface area contributed by atoms with Crippen LogP contribution in [0.1, 0.15) is 25.6 Å². The second-order valence-electron chi connectivity index (χ2n) is 3.55. The number of sulfone groups is 1. The number of carbonyl (C=O) groups is 1. The fourth-order valence-electron chi connectivity index (χ4n) is 1.28. The predicted octanol–water partition coefficient (Wildman–Crippen LogP) is 0.438. The Bertz CT molecular complexity index is 510. The van der Waals surface area contributed by atoms with E-state index in [0.29, 0.717) is 0 Å². The molecule has 18 heavy (non-hydrogen) atoms. The molecule has 1 unspecified atom stereocenters. The number of nitrogens with two attached hydrogens (primary N) is 1. The molecule has 1 rings (SSSR count). The zero-order valence-corrected chi connectivity index (χ0v) is 11.1. The van der Waals surface area contributed by atoms with Gasteiger partial charge in [0.1, 0.15) is 6.04 Å². The van der Waals surface area contributed by atoms with Crippen LogP contribution >= 0.6 is 0 Å². The van der Waals surface area contributed by atoms with Crippen LogP contribution in [0, 0.1) is 0 Å². The van der Waals surface area contributed by atoms with E-state index in [4.69, 9.17) is 10.5 Å². The Morgan fingerprint density at radius 1 is 1.44 bits per heavy atom. The van der Waals surface area contributed by atoms with Crippen LogP contribution in [0.25, 0.3) is 0 Å². The quantitative estimate of drug-likeness (QED) is 0.781. The normalized spacial score (nSPS) is 13.1. The number of carbonyl (C=O) groups excluding carboxylic acids is 1. The van der Waals surface area contributed by atoms with Crippen LogP contribution in [-0.4, -0.2) is 31.7 Å². The van der Waals surface area contributed by atoms with Crippen molar-refractivity contribution in [1.82, 2.24) is 4.98 Å². The fraction of sp³-hybridized carbons (Fsp3) is 0.455. The van der Waals surface area contributed by atoms with E-state index in [2.05, 4.69) is 4.98 Å². The maximum absolute atomic E-state index is 11.6. The summed E-state index contributed by atoms with van der Waals surface area (Å²) in [6.45, 7) is 3.46. The Kier molecular flexibility index (Phi) is 4.80. The number of hydrogen-bond donors (Lipinski definition) is 1. The van der Waals surface area contributed by atoms with Gasteiger partial charge in [-0.05, 0) is 19.1 Å². The SMILES string of the molecule is CCOC(=O)C(N)c1ccc(S(=O)(=O)CC)cn1. The van der Waals surface area contributed by atoms with Gasteiger partial charge in [-0.1, -0.05) is 6.92 Å². The van der Waals surface area contributed by atoms with Gasteiger partial charge in [0, 0.05) is 6.20 Å². The maximum atomic E-state index is 11.6. The molecular weight excluding hydrogens is 256 g/mol. The highest BCUT2D eigenvalue weighted by Crippen LogP contribution is 2.14. The van der Waals surface area contributed by atoms with Gasteiger partial charge in [0.25, 0.3) is 0 Å². The lowest BCUT2D eigenvalue weighted by Gasteiger charge is -2.10. The van der Waals surface area contributed by atoms with Crippen molar-refractivity contribution in [3.63, 3.8) is 0 Å². The molecule has 0 aliphatic carbocycles. The van der Waals surface area contributed by atoms with Gasteiger partial charge in [-0.3, -0.25) is 4.98 Å². The van der Waals surface area contributed by atoms with Crippen LogP contribution in [0.2, 0.25) is 0 Å². The summed E-state index contributed by atoms with van der Waals surface area (Å²) >= 11 is 0. The molecule has 1 aromatic rings. The fourth-order valence-corrected chi connectivity index (χ4v) is 2.10. The summed E-state index contributed by atoms with van der Waals surface area (Å²) < 4.78 is 27.9. The van der Waals surface area contributed by atoms with Crippen molar-refractivity contribution in [2.75, 3.05) is 12.4 Å². The smallest absolute Gasteiger partial charge is 0.329 e. The number of aromatic nitrogens is 1. The average Bonchev–Trinajstić information content (AvgIpc) is 2.38. The second-order valence-corrected chi connectivity index (χ2v) is 5.83. The van der Waals surface area contributed by atoms with Crippen LogP contribution in [0.4, 0.5) is 0 Å².